The van der Waals surface area contributed by atoms with Gasteiger partial charge in [0.2, 0.25) is 0 Å². The number of aromatic nitrogens is 2. The molecule has 3 atom stereocenters. The van der Waals surface area contributed by atoms with E-state index in [1.165, 1.54) is 0 Å². The minimum absolute atomic E-state index is 0.157. The Hall–Kier alpha value is -2.40. The maximum Gasteiger partial charge on any atom is 0.319 e. The van der Waals surface area contributed by atoms with Crippen molar-refractivity contribution in [2.75, 3.05) is 23.3 Å². The van der Waals surface area contributed by atoms with Gasteiger partial charge in [0.1, 0.15) is 5.82 Å². The molecule has 3 unspecified atom stereocenters. The monoisotopic (exact) mass is 471 g/mol. The summed E-state index contributed by atoms with van der Waals surface area (Å²) in [7, 11) is -2.80. The largest absolute Gasteiger partial charge is 0.371 e. The third-order valence-electron chi connectivity index (χ3n) is 6.98. The summed E-state index contributed by atoms with van der Waals surface area (Å²) in [5, 5.41) is 5.37. The van der Waals surface area contributed by atoms with Crippen LogP contribution in [0.25, 0.3) is 11.4 Å². The average molecular weight is 472 g/mol. The molecule has 4 aliphatic rings. The fourth-order valence-corrected chi connectivity index (χ4v) is 6.48. The number of anilines is 2. The van der Waals surface area contributed by atoms with Crippen molar-refractivity contribution in [3.8, 4) is 11.4 Å². The van der Waals surface area contributed by atoms with E-state index in [1.54, 1.807) is 0 Å². The third kappa shape index (κ3) is 4.05. The first-order valence-corrected chi connectivity index (χ1v) is 13.4. The topological polar surface area (TPSA) is 120 Å². The molecule has 2 bridgehead atoms. The molecule has 10 heteroatoms. The van der Waals surface area contributed by atoms with Crippen LogP contribution in [0.15, 0.2) is 24.3 Å². The van der Waals surface area contributed by atoms with Crippen LogP contribution in [-0.4, -0.2) is 56.4 Å². The van der Waals surface area contributed by atoms with Gasteiger partial charge in [0, 0.05) is 35.9 Å². The van der Waals surface area contributed by atoms with Crippen molar-refractivity contribution in [3.63, 3.8) is 0 Å². The zero-order valence-electron chi connectivity index (χ0n) is 18.5. The Morgan fingerprint density at radius 1 is 1.09 bits per heavy atom. The molecule has 4 heterocycles. The Kier molecular flexibility index (Phi) is 5.02. The number of fused-ring (bicyclic) bond motifs is 3. The molecule has 6 rings (SSSR count). The number of benzene rings is 1. The first-order valence-electron chi connectivity index (χ1n) is 11.6. The molecule has 9 nitrogen and oxygen atoms in total. The predicted molar refractivity (Wildman–Crippen MR) is 128 cm³/mol. The fourth-order valence-electron chi connectivity index (χ4n) is 4.98. The average Bonchev–Trinajstić information content (AvgIpc) is 3.48. The van der Waals surface area contributed by atoms with Crippen LogP contribution in [0.4, 0.5) is 16.3 Å². The maximum atomic E-state index is 12.0. The lowest BCUT2D eigenvalue weighted by Gasteiger charge is -2.36. The van der Waals surface area contributed by atoms with E-state index in [0.29, 0.717) is 23.2 Å². The van der Waals surface area contributed by atoms with Crippen LogP contribution in [0.5, 0.6) is 0 Å². The minimum atomic E-state index is -2.80. The molecular weight excluding hydrogens is 442 g/mol. The number of morpholine rings is 1. The summed E-state index contributed by atoms with van der Waals surface area (Å²) in [6.07, 6.45) is 4.57. The Morgan fingerprint density at radius 3 is 2.45 bits per heavy atom. The van der Waals surface area contributed by atoms with E-state index in [4.69, 9.17) is 14.7 Å². The summed E-state index contributed by atoms with van der Waals surface area (Å²) in [6, 6.07) is 7.55. The van der Waals surface area contributed by atoms with Gasteiger partial charge in [0.05, 0.1) is 28.9 Å². The molecule has 0 spiro atoms. The molecular formula is C23H29N5O4S. The second-order valence-corrected chi connectivity index (χ2v) is 12.0. The maximum absolute atomic E-state index is 12.0. The van der Waals surface area contributed by atoms with Crippen LogP contribution in [-0.2, 0) is 10.5 Å². The molecule has 176 valence electrons. The highest BCUT2D eigenvalue weighted by atomic mass is 32.3. The van der Waals surface area contributed by atoms with Gasteiger partial charge < -0.3 is 20.3 Å². The van der Waals surface area contributed by atoms with Crippen LogP contribution in [0.3, 0.4) is 0 Å². The number of hydrogen-bond acceptors (Lipinski definition) is 7. The summed E-state index contributed by atoms with van der Waals surface area (Å²) >= 11 is 0. The molecule has 1 aliphatic carbocycles. The summed E-state index contributed by atoms with van der Waals surface area (Å²) in [5.41, 5.74) is 3.09. The summed E-state index contributed by atoms with van der Waals surface area (Å²) in [5.74, 6) is 1.51. The van der Waals surface area contributed by atoms with Crippen LogP contribution in [0.2, 0.25) is 0 Å². The Labute approximate surface area is 194 Å². The molecule has 0 radical (unpaired) electrons. The van der Waals surface area contributed by atoms with E-state index in [-0.39, 0.29) is 24.0 Å². The number of carbonyl (C=O) groups is 1. The van der Waals surface area contributed by atoms with Crippen molar-refractivity contribution in [2.45, 2.75) is 61.9 Å². The molecule has 4 N–H and O–H groups in total. The van der Waals surface area contributed by atoms with Crippen LogP contribution in [0, 0.1) is 0 Å². The SMILES string of the molecule is CC1c2c(nc(-c3ccc(NC(=O)NC4CC4)cc3)nc2N2CC3CCC(C2)O3)CS1(O)O. The highest BCUT2D eigenvalue weighted by molar-refractivity contribution is 8.24. The molecule has 33 heavy (non-hydrogen) atoms. The summed E-state index contributed by atoms with van der Waals surface area (Å²) < 4.78 is 27.3. The zero-order chi connectivity index (χ0) is 22.7. The number of rotatable bonds is 4. The van der Waals surface area contributed by atoms with Gasteiger partial charge in [-0.2, -0.15) is 10.6 Å². The Balaban J connectivity index is 1.31. The van der Waals surface area contributed by atoms with Gasteiger partial charge >= 0.3 is 6.03 Å². The molecule has 1 aromatic heterocycles. The number of carbonyl (C=O) groups excluding carboxylic acids is 1. The lowest BCUT2D eigenvalue weighted by Crippen LogP contribution is -2.43. The van der Waals surface area contributed by atoms with E-state index in [9.17, 15) is 13.9 Å². The number of amides is 2. The minimum Gasteiger partial charge on any atom is -0.371 e. The van der Waals surface area contributed by atoms with Gasteiger partial charge in [-0.3, -0.25) is 9.11 Å². The quantitative estimate of drug-likeness (QED) is 0.529. The summed E-state index contributed by atoms with van der Waals surface area (Å²) in [4.78, 5) is 23.9. The normalized spacial score (nSPS) is 28.3. The van der Waals surface area contributed by atoms with Crippen LogP contribution < -0.4 is 15.5 Å². The Morgan fingerprint density at radius 2 is 1.79 bits per heavy atom. The number of nitrogens with zero attached hydrogens (tertiary/aromatic N) is 3. The molecule has 2 amide bonds. The zero-order valence-corrected chi connectivity index (χ0v) is 19.3. The van der Waals surface area contributed by atoms with Gasteiger partial charge in [0.25, 0.3) is 0 Å². The van der Waals surface area contributed by atoms with Crippen molar-refractivity contribution < 1.29 is 18.6 Å². The smallest absolute Gasteiger partial charge is 0.319 e. The van der Waals surface area contributed by atoms with Crippen molar-refractivity contribution >= 4 is 28.1 Å². The second-order valence-electron chi connectivity index (χ2n) is 9.55. The Bertz CT molecular complexity index is 1080. The van der Waals surface area contributed by atoms with E-state index in [0.717, 1.165) is 55.7 Å². The molecule has 1 saturated carbocycles. The van der Waals surface area contributed by atoms with Crippen LogP contribution in [0.1, 0.15) is 49.1 Å². The number of urea groups is 1. The van der Waals surface area contributed by atoms with Gasteiger partial charge in [-0.1, -0.05) is 0 Å². The number of hydrogen-bond donors (Lipinski definition) is 4. The van der Waals surface area contributed by atoms with Crippen molar-refractivity contribution in [3.05, 3.63) is 35.5 Å². The standard InChI is InChI=1S/C23H29N5O4S/c1-13-20-19(12-33(13,30)31)26-21(27-22(20)28-10-17-8-9-18(11-28)32-17)14-2-4-15(5-3-14)24-23(29)25-16-6-7-16/h2-5,13,16-18,30-31H,6-12H2,1H3,(H2,24,25,29). The molecule has 3 fully saturated rings. The fraction of sp³-hybridized carbons (Fsp3) is 0.522. The third-order valence-corrected chi connectivity index (χ3v) is 9.05. The first-order chi connectivity index (χ1) is 15.9. The lowest BCUT2D eigenvalue weighted by atomic mass is 10.1. The van der Waals surface area contributed by atoms with Gasteiger partial charge in [-0.05, 0) is 56.9 Å². The number of ether oxygens (including phenoxy) is 1. The molecule has 3 aliphatic heterocycles. The van der Waals surface area contributed by atoms with Gasteiger partial charge in [-0.25, -0.2) is 14.8 Å². The van der Waals surface area contributed by atoms with Gasteiger partial charge in [-0.15, -0.1) is 0 Å². The van der Waals surface area contributed by atoms with E-state index < -0.39 is 15.8 Å². The van der Waals surface area contributed by atoms with Crippen molar-refractivity contribution in [1.29, 1.82) is 0 Å². The molecule has 2 saturated heterocycles. The predicted octanol–water partition coefficient (Wildman–Crippen LogP) is 4.12. The van der Waals surface area contributed by atoms with E-state index in [1.807, 2.05) is 31.2 Å². The summed E-state index contributed by atoms with van der Waals surface area (Å²) in [6.45, 7) is 3.37. The second kappa shape index (κ2) is 7.83. The molecule has 2 aromatic rings. The highest BCUT2D eigenvalue weighted by Crippen LogP contribution is 2.63. The van der Waals surface area contributed by atoms with Crippen molar-refractivity contribution in [2.24, 2.45) is 0 Å². The molecule has 1 aromatic carbocycles. The highest BCUT2D eigenvalue weighted by Gasteiger charge is 2.42. The first kappa shape index (κ1) is 21.2. The van der Waals surface area contributed by atoms with Crippen molar-refractivity contribution in [1.82, 2.24) is 15.3 Å². The number of nitrogens with one attached hydrogen (secondary N) is 2. The van der Waals surface area contributed by atoms with Gasteiger partial charge in [0.15, 0.2) is 5.82 Å². The van der Waals surface area contributed by atoms with E-state index >= 15 is 0 Å². The van der Waals surface area contributed by atoms with Crippen LogP contribution >= 0.6 is 10.6 Å². The van der Waals surface area contributed by atoms with E-state index in [2.05, 4.69) is 15.5 Å². The lowest BCUT2D eigenvalue weighted by molar-refractivity contribution is 0.0301.